The molecule has 0 saturated carbocycles. The summed E-state index contributed by atoms with van der Waals surface area (Å²) in [6.07, 6.45) is 9.34. The van der Waals surface area contributed by atoms with E-state index in [1.807, 2.05) is 6.92 Å². The molecule has 1 radical (unpaired) electrons. The Bertz CT molecular complexity index is 126. The molecule has 91 valence electrons. The molecule has 0 bridgehead atoms. The van der Waals surface area contributed by atoms with E-state index in [0.717, 1.165) is 6.42 Å². The second-order valence-corrected chi connectivity index (χ2v) is 4.49. The van der Waals surface area contributed by atoms with E-state index in [1.54, 1.807) is 0 Å². The summed E-state index contributed by atoms with van der Waals surface area (Å²) in [5.41, 5.74) is 0. The van der Waals surface area contributed by atoms with Crippen LogP contribution in [0.1, 0.15) is 65.2 Å². The summed E-state index contributed by atoms with van der Waals surface area (Å²) in [7, 11) is 1.50. The third-order valence-corrected chi connectivity index (χ3v) is 2.96. The summed E-state index contributed by atoms with van der Waals surface area (Å²) in [5, 5.41) is 11.2. The van der Waals surface area contributed by atoms with Crippen molar-refractivity contribution < 1.29 is 9.84 Å². The maximum absolute atomic E-state index is 11.2. The molecule has 0 spiro atoms. The monoisotopic (exact) mass is 215 g/mol. The average Bonchev–Trinajstić information content (AvgIpc) is 2.26. The van der Waals surface area contributed by atoms with Crippen molar-refractivity contribution >= 4 is 0 Å². The fourth-order valence-corrected chi connectivity index (χ4v) is 1.79. The zero-order valence-electron chi connectivity index (χ0n) is 10.6. The van der Waals surface area contributed by atoms with Crippen LogP contribution in [-0.4, -0.2) is 13.4 Å². The van der Waals surface area contributed by atoms with Crippen LogP contribution in [-0.2, 0) is 9.84 Å². The Morgan fingerprint density at radius 2 is 1.53 bits per heavy atom. The molecule has 0 heterocycles. The quantitative estimate of drug-likeness (QED) is 0.397. The van der Waals surface area contributed by atoms with Crippen LogP contribution in [0.5, 0.6) is 0 Å². The molecule has 15 heavy (non-hydrogen) atoms. The Hall–Kier alpha value is -0.0800. The molecule has 0 aromatic heterocycles. The van der Waals surface area contributed by atoms with E-state index >= 15 is 0 Å². The fraction of sp³-hybridized carbons (Fsp3) is 1.00. The summed E-state index contributed by atoms with van der Waals surface area (Å²) in [6, 6.07) is 0. The highest BCUT2D eigenvalue weighted by Gasteiger charge is 2.13. The van der Waals surface area contributed by atoms with E-state index < -0.39 is 6.29 Å². The zero-order chi connectivity index (χ0) is 11.5. The van der Waals surface area contributed by atoms with Gasteiger partial charge in [-0.2, -0.15) is 0 Å². The van der Waals surface area contributed by atoms with E-state index in [1.165, 1.54) is 52.1 Å². The predicted molar refractivity (Wildman–Crippen MR) is 63.3 cm³/mol. The van der Waals surface area contributed by atoms with Gasteiger partial charge in [-0.1, -0.05) is 58.8 Å². The summed E-state index contributed by atoms with van der Waals surface area (Å²) < 4.78 is 4.77. The van der Waals surface area contributed by atoms with E-state index in [9.17, 15) is 5.11 Å². The van der Waals surface area contributed by atoms with Crippen molar-refractivity contribution in [3.8, 4) is 0 Å². The minimum Gasteiger partial charge on any atom is -0.353 e. The Balaban J connectivity index is 3.16. The van der Waals surface area contributed by atoms with Crippen molar-refractivity contribution in [2.24, 2.45) is 5.92 Å². The van der Waals surface area contributed by atoms with Crippen LogP contribution in [0.2, 0.25) is 0 Å². The van der Waals surface area contributed by atoms with Crippen LogP contribution in [0.25, 0.3) is 0 Å². The summed E-state index contributed by atoms with van der Waals surface area (Å²) in [4.78, 5) is 0. The van der Waals surface area contributed by atoms with Crippen LogP contribution >= 0.6 is 0 Å². The van der Waals surface area contributed by atoms with Gasteiger partial charge >= 0.3 is 0 Å². The molecular formula is C13H27O2. The van der Waals surface area contributed by atoms with Gasteiger partial charge in [-0.15, -0.1) is 0 Å². The number of ether oxygens (including phenoxy) is 1. The van der Waals surface area contributed by atoms with Crippen molar-refractivity contribution in [1.29, 1.82) is 0 Å². The number of hydrogen-bond acceptors (Lipinski definition) is 1. The molecule has 0 aliphatic carbocycles. The predicted octanol–water partition coefficient (Wildman–Crippen LogP) is 4.17. The third-order valence-electron chi connectivity index (χ3n) is 2.96. The number of rotatable bonds is 10. The Morgan fingerprint density at radius 1 is 1.00 bits per heavy atom. The van der Waals surface area contributed by atoms with E-state index in [4.69, 9.17) is 4.74 Å². The lowest BCUT2D eigenvalue weighted by molar-refractivity contribution is -0.151. The van der Waals surface area contributed by atoms with Crippen LogP contribution < -0.4 is 0 Å². The molecule has 0 amide bonds. The second kappa shape index (κ2) is 10.4. The van der Waals surface area contributed by atoms with Crippen LogP contribution in [0.3, 0.4) is 0 Å². The first kappa shape index (κ1) is 14.9. The Labute approximate surface area is 95.0 Å². The number of hydrogen-bond donors (Lipinski definition) is 0. The van der Waals surface area contributed by atoms with Crippen molar-refractivity contribution in [2.75, 3.05) is 7.11 Å². The van der Waals surface area contributed by atoms with Crippen molar-refractivity contribution in [1.82, 2.24) is 0 Å². The van der Waals surface area contributed by atoms with Gasteiger partial charge < -0.3 is 4.74 Å². The highest BCUT2D eigenvalue weighted by Crippen LogP contribution is 2.15. The van der Waals surface area contributed by atoms with Crippen molar-refractivity contribution in [2.45, 2.75) is 71.5 Å². The standard InChI is InChI=1S/C13H27O2/c1-4-5-6-7-8-9-10-11-12(2)13(14)15-3/h12-13H,4-11H2,1-3H3. The van der Waals surface area contributed by atoms with Gasteiger partial charge in [0.2, 0.25) is 0 Å². The molecule has 2 heteroatoms. The molecule has 2 unspecified atom stereocenters. The first-order valence-electron chi connectivity index (χ1n) is 6.41. The Morgan fingerprint density at radius 3 is 2.07 bits per heavy atom. The first-order valence-corrected chi connectivity index (χ1v) is 6.41. The van der Waals surface area contributed by atoms with Gasteiger partial charge in [-0.05, 0) is 6.42 Å². The van der Waals surface area contributed by atoms with Gasteiger partial charge in [0.1, 0.15) is 0 Å². The molecule has 0 fully saturated rings. The van der Waals surface area contributed by atoms with Gasteiger partial charge in [0.15, 0.2) is 6.29 Å². The molecule has 2 atom stereocenters. The third kappa shape index (κ3) is 8.88. The summed E-state index contributed by atoms with van der Waals surface area (Å²) >= 11 is 0. The lowest BCUT2D eigenvalue weighted by atomic mass is 10.0. The molecule has 0 aliphatic heterocycles. The van der Waals surface area contributed by atoms with Crippen molar-refractivity contribution in [3.05, 3.63) is 0 Å². The van der Waals surface area contributed by atoms with E-state index in [0.29, 0.717) is 0 Å². The SMILES string of the molecule is CCCCCCCCCC(C)C([O])OC. The number of methoxy groups -OCH3 is 1. The van der Waals surface area contributed by atoms with Crippen LogP contribution in [0, 0.1) is 5.92 Å². The summed E-state index contributed by atoms with van der Waals surface area (Å²) in [6.45, 7) is 4.22. The van der Waals surface area contributed by atoms with Gasteiger partial charge in [-0.25, -0.2) is 5.11 Å². The lowest BCUT2D eigenvalue weighted by Gasteiger charge is -2.14. The van der Waals surface area contributed by atoms with Gasteiger partial charge in [0, 0.05) is 13.0 Å². The molecule has 0 aliphatic rings. The average molecular weight is 215 g/mol. The highest BCUT2D eigenvalue weighted by atomic mass is 16.6. The topological polar surface area (TPSA) is 29.1 Å². The maximum Gasteiger partial charge on any atom is 0.193 e. The van der Waals surface area contributed by atoms with E-state index in [-0.39, 0.29) is 5.92 Å². The molecule has 2 nitrogen and oxygen atoms in total. The van der Waals surface area contributed by atoms with Crippen molar-refractivity contribution in [3.63, 3.8) is 0 Å². The summed E-state index contributed by atoms with van der Waals surface area (Å²) in [5.74, 6) is 0.158. The van der Waals surface area contributed by atoms with E-state index in [2.05, 4.69) is 6.92 Å². The molecular weight excluding hydrogens is 188 g/mol. The first-order chi connectivity index (χ1) is 7.22. The lowest BCUT2D eigenvalue weighted by Crippen LogP contribution is -2.17. The molecule has 0 rings (SSSR count). The largest absolute Gasteiger partial charge is 0.353 e. The second-order valence-electron chi connectivity index (χ2n) is 4.49. The van der Waals surface area contributed by atoms with Crippen LogP contribution in [0.4, 0.5) is 0 Å². The van der Waals surface area contributed by atoms with Gasteiger partial charge in [-0.3, -0.25) is 0 Å². The van der Waals surface area contributed by atoms with Gasteiger partial charge in [0.05, 0.1) is 0 Å². The highest BCUT2D eigenvalue weighted by molar-refractivity contribution is 4.56. The van der Waals surface area contributed by atoms with Crippen LogP contribution in [0.15, 0.2) is 0 Å². The fourth-order valence-electron chi connectivity index (χ4n) is 1.79. The number of unbranched alkanes of at least 4 members (excludes halogenated alkanes) is 6. The molecule has 0 aromatic carbocycles. The minimum absolute atomic E-state index is 0.158. The zero-order valence-corrected chi connectivity index (χ0v) is 10.6. The maximum atomic E-state index is 11.2. The molecule has 0 saturated heterocycles. The molecule has 0 aromatic rings. The normalized spacial score (nSPS) is 15.2. The smallest absolute Gasteiger partial charge is 0.193 e. The molecule has 0 N–H and O–H groups in total. The van der Waals surface area contributed by atoms with Gasteiger partial charge in [0.25, 0.3) is 0 Å². The Kier molecular flexibility index (Phi) is 10.4. The minimum atomic E-state index is -0.829.